The van der Waals surface area contributed by atoms with E-state index in [9.17, 15) is 4.79 Å². The Morgan fingerprint density at radius 3 is 2.04 bits per heavy atom. The predicted molar refractivity (Wildman–Crippen MR) is 119 cm³/mol. The smallest absolute Gasteiger partial charge is 0.462 e. The zero-order valence-corrected chi connectivity index (χ0v) is 20.2. The molecule has 1 aromatic rings. The van der Waals surface area contributed by atoms with Gasteiger partial charge in [-0.25, -0.2) is 0 Å². The van der Waals surface area contributed by atoms with Crippen LogP contribution in [0.25, 0.3) is 0 Å². The number of carbonyl (C=O) groups excluding carboxylic acids is 1. The molecule has 4 nitrogen and oxygen atoms in total. The fourth-order valence-electron chi connectivity index (χ4n) is 2.64. The Morgan fingerprint density at radius 1 is 1.11 bits per heavy atom. The second-order valence-corrected chi connectivity index (χ2v) is 10.4. The largest absolute Gasteiger partial charge is 0.495 e. The minimum Gasteiger partial charge on any atom is -0.462 e. The second kappa shape index (κ2) is 9.23. The van der Waals surface area contributed by atoms with Crippen LogP contribution >= 0.6 is 11.8 Å². The first kappa shape index (κ1) is 25.1. The third-order valence-corrected chi connectivity index (χ3v) is 6.12. The zero-order chi connectivity index (χ0) is 21.9. The second-order valence-electron chi connectivity index (χ2n) is 8.67. The molecule has 0 spiro atoms. The number of rotatable bonds is 5. The number of ether oxygens (including phenoxy) is 1. The van der Waals surface area contributed by atoms with Crippen molar-refractivity contribution in [3.63, 3.8) is 0 Å². The standard InChI is InChI=1S/C20H31BO4S.C2H6/c1-13(2)23-17(22)18(4,5)26-15-10-11-16(14(3)12-15)21-24-19(6,7)20(8,9)25-21;1-2/h10-13H,1-9H3;1-2H3. The van der Waals surface area contributed by atoms with Crippen LogP contribution in [0.15, 0.2) is 23.1 Å². The number of aryl methyl sites for hydroxylation is 1. The lowest BCUT2D eigenvalue weighted by molar-refractivity contribution is -0.149. The maximum atomic E-state index is 12.3. The molecule has 1 heterocycles. The van der Waals surface area contributed by atoms with Crippen LogP contribution in [0.1, 0.15) is 74.8 Å². The van der Waals surface area contributed by atoms with Gasteiger partial charge in [0.15, 0.2) is 0 Å². The molecule has 1 fully saturated rings. The normalized spacial score (nSPS) is 17.9. The topological polar surface area (TPSA) is 44.8 Å². The first-order valence-corrected chi connectivity index (χ1v) is 10.9. The van der Waals surface area contributed by atoms with Gasteiger partial charge in [0, 0.05) is 4.90 Å². The molecule has 0 aromatic heterocycles. The Bertz CT molecular complexity index is 667. The van der Waals surface area contributed by atoms with Crippen molar-refractivity contribution in [2.45, 2.75) is 103 Å². The van der Waals surface area contributed by atoms with Crippen molar-refractivity contribution in [2.75, 3.05) is 0 Å². The highest BCUT2D eigenvalue weighted by molar-refractivity contribution is 8.01. The molecule has 0 amide bonds. The van der Waals surface area contributed by atoms with Crippen LogP contribution in [0.4, 0.5) is 0 Å². The zero-order valence-electron chi connectivity index (χ0n) is 19.4. The molecule has 28 heavy (non-hydrogen) atoms. The molecule has 1 aromatic carbocycles. The quantitative estimate of drug-likeness (QED) is 0.383. The van der Waals surface area contributed by atoms with E-state index in [1.807, 2.05) is 60.6 Å². The van der Waals surface area contributed by atoms with E-state index < -0.39 is 4.75 Å². The fourth-order valence-corrected chi connectivity index (χ4v) is 3.73. The first-order valence-electron chi connectivity index (χ1n) is 10.1. The number of benzene rings is 1. The maximum absolute atomic E-state index is 12.3. The van der Waals surface area contributed by atoms with E-state index in [1.54, 1.807) is 0 Å². The first-order chi connectivity index (χ1) is 12.7. The molecular weight excluding hydrogens is 371 g/mol. The fraction of sp³-hybridized carbons (Fsp3) is 0.682. The van der Waals surface area contributed by atoms with Gasteiger partial charge < -0.3 is 14.0 Å². The molecule has 0 saturated carbocycles. The number of carbonyl (C=O) groups is 1. The average Bonchev–Trinajstić information content (AvgIpc) is 2.76. The summed E-state index contributed by atoms with van der Waals surface area (Å²) in [5.41, 5.74) is 1.39. The number of thioether (sulfide) groups is 1. The van der Waals surface area contributed by atoms with E-state index in [2.05, 4.69) is 33.8 Å². The third-order valence-electron chi connectivity index (χ3n) is 4.96. The molecule has 6 heteroatoms. The number of hydrogen-bond acceptors (Lipinski definition) is 5. The molecule has 1 aliphatic heterocycles. The van der Waals surface area contributed by atoms with Crippen molar-refractivity contribution in [1.82, 2.24) is 0 Å². The van der Waals surface area contributed by atoms with Gasteiger partial charge >= 0.3 is 13.1 Å². The Hall–Kier alpha value is -0.975. The van der Waals surface area contributed by atoms with Crippen LogP contribution in [0.5, 0.6) is 0 Å². The summed E-state index contributed by atoms with van der Waals surface area (Å²) in [5, 5.41) is 0. The van der Waals surface area contributed by atoms with Crippen LogP contribution in [0.2, 0.25) is 0 Å². The summed E-state index contributed by atoms with van der Waals surface area (Å²) >= 11 is 1.50. The van der Waals surface area contributed by atoms with Gasteiger partial charge in [0.2, 0.25) is 0 Å². The van der Waals surface area contributed by atoms with E-state index in [4.69, 9.17) is 14.0 Å². The highest BCUT2D eigenvalue weighted by Gasteiger charge is 2.52. The molecule has 0 radical (unpaired) electrons. The summed E-state index contributed by atoms with van der Waals surface area (Å²) in [5.74, 6) is -0.204. The molecule has 0 bridgehead atoms. The molecule has 1 saturated heterocycles. The predicted octanol–water partition coefficient (Wildman–Crippen LogP) is 5.14. The van der Waals surface area contributed by atoms with Gasteiger partial charge in [0.25, 0.3) is 0 Å². The lowest BCUT2D eigenvalue weighted by atomic mass is 9.76. The van der Waals surface area contributed by atoms with Crippen LogP contribution in [-0.2, 0) is 18.8 Å². The minimum atomic E-state index is -0.650. The van der Waals surface area contributed by atoms with E-state index in [-0.39, 0.29) is 30.4 Å². The Kier molecular flexibility index (Phi) is 8.26. The lowest BCUT2D eigenvalue weighted by Crippen LogP contribution is -2.41. The van der Waals surface area contributed by atoms with E-state index in [1.165, 1.54) is 11.8 Å². The SMILES string of the molecule is CC.Cc1cc(SC(C)(C)C(=O)OC(C)C)ccc1B1OC(C)(C)C(C)(C)O1. The van der Waals surface area contributed by atoms with Crippen molar-refractivity contribution in [3.05, 3.63) is 23.8 Å². The third kappa shape index (κ3) is 5.77. The van der Waals surface area contributed by atoms with Crippen LogP contribution in [0, 0.1) is 6.92 Å². The molecule has 2 rings (SSSR count). The van der Waals surface area contributed by atoms with Crippen molar-refractivity contribution in [3.8, 4) is 0 Å². The molecule has 0 N–H and O–H groups in total. The van der Waals surface area contributed by atoms with Crippen molar-refractivity contribution >= 4 is 30.3 Å². The summed E-state index contributed by atoms with van der Waals surface area (Å²) in [4.78, 5) is 13.3. The van der Waals surface area contributed by atoms with Gasteiger partial charge in [-0.1, -0.05) is 25.5 Å². The molecule has 0 atom stereocenters. The molecule has 0 aliphatic carbocycles. The van der Waals surface area contributed by atoms with Crippen LogP contribution in [-0.4, -0.2) is 35.1 Å². The number of esters is 1. The van der Waals surface area contributed by atoms with E-state index >= 15 is 0 Å². The van der Waals surface area contributed by atoms with Gasteiger partial charge in [-0.3, -0.25) is 4.79 Å². The Balaban J connectivity index is 0.00000190. The highest BCUT2D eigenvalue weighted by Crippen LogP contribution is 2.38. The van der Waals surface area contributed by atoms with Crippen molar-refractivity contribution in [2.24, 2.45) is 0 Å². The average molecular weight is 408 g/mol. The van der Waals surface area contributed by atoms with E-state index in [0.717, 1.165) is 15.9 Å². The van der Waals surface area contributed by atoms with Crippen molar-refractivity contribution < 1.29 is 18.8 Å². The lowest BCUT2D eigenvalue weighted by Gasteiger charge is -2.32. The maximum Gasteiger partial charge on any atom is 0.495 e. The van der Waals surface area contributed by atoms with Crippen LogP contribution in [0.3, 0.4) is 0 Å². The monoisotopic (exact) mass is 408 g/mol. The molecule has 1 aliphatic rings. The van der Waals surface area contributed by atoms with Crippen molar-refractivity contribution in [1.29, 1.82) is 0 Å². The Labute approximate surface area is 176 Å². The molecule has 0 unspecified atom stereocenters. The Morgan fingerprint density at radius 2 is 1.61 bits per heavy atom. The van der Waals surface area contributed by atoms with Crippen LogP contribution < -0.4 is 5.46 Å². The minimum absolute atomic E-state index is 0.116. The number of hydrogen-bond donors (Lipinski definition) is 0. The summed E-state index contributed by atoms with van der Waals surface area (Å²) in [6, 6.07) is 6.13. The molecular formula is C22H37BO4S. The van der Waals surface area contributed by atoms with Gasteiger partial charge in [-0.05, 0) is 79.9 Å². The van der Waals surface area contributed by atoms with E-state index in [0.29, 0.717) is 0 Å². The van der Waals surface area contributed by atoms with Gasteiger partial charge in [-0.2, -0.15) is 0 Å². The molecule has 158 valence electrons. The van der Waals surface area contributed by atoms with Gasteiger partial charge in [-0.15, -0.1) is 11.8 Å². The summed E-state index contributed by atoms with van der Waals surface area (Å²) < 4.78 is 17.0. The summed E-state index contributed by atoms with van der Waals surface area (Å²) in [7, 11) is -0.377. The van der Waals surface area contributed by atoms with Gasteiger partial charge in [0.1, 0.15) is 4.75 Å². The summed E-state index contributed by atoms with van der Waals surface area (Å²) in [6.07, 6.45) is -0.116. The highest BCUT2D eigenvalue weighted by atomic mass is 32.2. The summed E-state index contributed by atoms with van der Waals surface area (Å²) in [6.45, 7) is 21.8. The van der Waals surface area contributed by atoms with Gasteiger partial charge in [0.05, 0.1) is 17.3 Å².